The second-order valence-corrected chi connectivity index (χ2v) is 8.94. The number of ether oxygens (including phenoxy) is 2. The molecule has 23 heavy (non-hydrogen) atoms. The molecular weight excluding hydrogens is 286 g/mol. The van der Waals surface area contributed by atoms with Crippen molar-refractivity contribution in [3.8, 4) is 0 Å². The quantitative estimate of drug-likeness (QED) is 0.762. The minimum atomic E-state index is -0.277. The fourth-order valence-electron chi connectivity index (χ4n) is 4.84. The van der Waals surface area contributed by atoms with Crippen LogP contribution >= 0.6 is 0 Å². The van der Waals surface area contributed by atoms with E-state index < -0.39 is 0 Å². The molecule has 0 aromatic carbocycles. The zero-order chi connectivity index (χ0) is 16.5. The molecule has 3 fully saturated rings. The van der Waals surface area contributed by atoms with E-state index in [0.29, 0.717) is 11.3 Å². The average molecular weight is 324 g/mol. The third kappa shape index (κ3) is 3.77. The lowest BCUT2D eigenvalue weighted by Gasteiger charge is -2.46. The monoisotopic (exact) mass is 323 g/mol. The van der Waals surface area contributed by atoms with Crippen molar-refractivity contribution in [2.75, 3.05) is 26.2 Å². The van der Waals surface area contributed by atoms with Gasteiger partial charge in [0.2, 0.25) is 0 Å². The highest BCUT2D eigenvalue weighted by atomic mass is 16.7. The SMILES string of the molecule is CCC(C)(C)C1CCC2(OCC(CN3CCCCC3)O2)C(C)C1. The Morgan fingerprint density at radius 3 is 2.57 bits per heavy atom. The number of rotatable bonds is 4. The summed E-state index contributed by atoms with van der Waals surface area (Å²) in [5.74, 6) is 1.04. The van der Waals surface area contributed by atoms with E-state index in [0.717, 1.165) is 25.5 Å². The van der Waals surface area contributed by atoms with Gasteiger partial charge in [0.15, 0.2) is 5.79 Å². The number of piperidine rings is 1. The number of hydrogen-bond donors (Lipinski definition) is 0. The van der Waals surface area contributed by atoms with Crippen LogP contribution in [0.2, 0.25) is 0 Å². The van der Waals surface area contributed by atoms with Crippen molar-refractivity contribution in [3.63, 3.8) is 0 Å². The van der Waals surface area contributed by atoms with Gasteiger partial charge in [-0.3, -0.25) is 0 Å². The summed E-state index contributed by atoms with van der Waals surface area (Å²) in [5, 5.41) is 0. The van der Waals surface area contributed by atoms with Crippen LogP contribution in [0.4, 0.5) is 0 Å². The van der Waals surface area contributed by atoms with E-state index in [1.54, 1.807) is 0 Å². The van der Waals surface area contributed by atoms with Crippen LogP contribution in [0.3, 0.4) is 0 Å². The first kappa shape index (κ1) is 17.7. The summed E-state index contributed by atoms with van der Waals surface area (Å²) in [7, 11) is 0. The third-order valence-electron chi connectivity index (χ3n) is 7.04. The fraction of sp³-hybridized carbons (Fsp3) is 1.00. The van der Waals surface area contributed by atoms with E-state index in [1.165, 1.54) is 51.6 Å². The molecule has 2 saturated heterocycles. The van der Waals surface area contributed by atoms with Gasteiger partial charge >= 0.3 is 0 Å². The Morgan fingerprint density at radius 2 is 1.91 bits per heavy atom. The molecule has 0 aromatic rings. The van der Waals surface area contributed by atoms with E-state index in [9.17, 15) is 0 Å². The van der Waals surface area contributed by atoms with Crippen LogP contribution in [0.25, 0.3) is 0 Å². The van der Waals surface area contributed by atoms with E-state index >= 15 is 0 Å². The molecule has 3 heteroatoms. The van der Waals surface area contributed by atoms with Crippen molar-refractivity contribution < 1.29 is 9.47 Å². The van der Waals surface area contributed by atoms with Crippen LogP contribution in [0.5, 0.6) is 0 Å². The van der Waals surface area contributed by atoms with Crippen LogP contribution in [0.1, 0.15) is 72.6 Å². The molecule has 3 nitrogen and oxygen atoms in total. The van der Waals surface area contributed by atoms with Gasteiger partial charge in [0, 0.05) is 18.9 Å². The Bertz CT molecular complexity index is 391. The molecule has 0 N–H and O–H groups in total. The molecule has 3 aliphatic rings. The maximum absolute atomic E-state index is 6.54. The number of likely N-dealkylation sites (tertiary alicyclic amines) is 1. The second kappa shape index (κ2) is 7.01. The average Bonchev–Trinajstić information content (AvgIpc) is 2.95. The lowest BCUT2D eigenvalue weighted by Crippen LogP contribution is -2.46. The normalized spacial score (nSPS) is 39.9. The van der Waals surface area contributed by atoms with Crippen molar-refractivity contribution in [1.29, 1.82) is 0 Å². The van der Waals surface area contributed by atoms with Gasteiger partial charge in [0.05, 0.1) is 12.7 Å². The Morgan fingerprint density at radius 1 is 1.17 bits per heavy atom. The molecule has 2 aliphatic heterocycles. The number of hydrogen-bond acceptors (Lipinski definition) is 3. The first-order valence-electron chi connectivity index (χ1n) is 9.99. The maximum atomic E-state index is 6.54. The van der Waals surface area contributed by atoms with Crippen molar-refractivity contribution >= 4 is 0 Å². The zero-order valence-electron chi connectivity index (χ0n) is 15.8. The van der Waals surface area contributed by atoms with Gasteiger partial charge in [-0.15, -0.1) is 0 Å². The summed E-state index contributed by atoms with van der Waals surface area (Å²) in [6, 6.07) is 0. The van der Waals surface area contributed by atoms with Crippen LogP contribution < -0.4 is 0 Å². The molecule has 4 unspecified atom stereocenters. The molecule has 0 bridgehead atoms. The molecule has 0 amide bonds. The minimum absolute atomic E-state index is 0.277. The van der Waals surface area contributed by atoms with Crippen molar-refractivity contribution in [3.05, 3.63) is 0 Å². The fourth-order valence-corrected chi connectivity index (χ4v) is 4.84. The topological polar surface area (TPSA) is 21.7 Å². The molecule has 2 heterocycles. The molecular formula is C20H37NO2. The summed E-state index contributed by atoms with van der Waals surface area (Å²) in [5.41, 5.74) is 0.446. The Balaban J connectivity index is 1.55. The van der Waals surface area contributed by atoms with E-state index in [2.05, 4.69) is 32.6 Å². The van der Waals surface area contributed by atoms with Gasteiger partial charge < -0.3 is 14.4 Å². The Labute approximate surface area is 143 Å². The van der Waals surface area contributed by atoms with Crippen LogP contribution in [-0.2, 0) is 9.47 Å². The van der Waals surface area contributed by atoms with Crippen molar-refractivity contribution in [1.82, 2.24) is 4.90 Å². The highest BCUT2D eigenvalue weighted by Gasteiger charge is 2.50. The van der Waals surface area contributed by atoms with Crippen LogP contribution in [0.15, 0.2) is 0 Å². The molecule has 1 spiro atoms. The summed E-state index contributed by atoms with van der Waals surface area (Å²) in [6.45, 7) is 13.9. The largest absolute Gasteiger partial charge is 0.347 e. The van der Waals surface area contributed by atoms with E-state index in [4.69, 9.17) is 9.47 Å². The lowest BCUT2D eigenvalue weighted by molar-refractivity contribution is -0.228. The van der Waals surface area contributed by atoms with Gasteiger partial charge in [-0.25, -0.2) is 0 Å². The van der Waals surface area contributed by atoms with Crippen LogP contribution in [-0.4, -0.2) is 43.0 Å². The van der Waals surface area contributed by atoms with Crippen LogP contribution in [0, 0.1) is 17.3 Å². The summed E-state index contributed by atoms with van der Waals surface area (Å²) < 4.78 is 12.8. The maximum Gasteiger partial charge on any atom is 0.171 e. The van der Waals surface area contributed by atoms with Gasteiger partial charge in [-0.1, -0.05) is 40.5 Å². The summed E-state index contributed by atoms with van der Waals surface area (Å²) >= 11 is 0. The number of nitrogens with zero attached hydrogens (tertiary/aromatic N) is 1. The Hall–Kier alpha value is -0.120. The molecule has 1 saturated carbocycles. The lowest BCUT2D eigenvalue weighted by atomic mass is 9.65. The Kier molecular flexibility index (Phi) is 5.40. The first-order chi connectivity index (χ1) is 11.0. The zero-order valence-corrected chi connectivity index (χ0v) is 15.8. The van der Waals surface area contributed by atoms with Gasteiger partial charge in [-0.2, -0.15) is 0 Å². The molecule has 0 aromatic heterocycles. The van der Waals surface area contributed by atoms with Gasteiger partial charge in [-0.05, 0) is 50.1 Å². The van der Waals surface area contributed by atoms with E-state index in [-0.39, 0.29) is 11.9 Å². The highest BCUT2D eigenvalue weighted by Crippen LogP contribution is 2.49. The second-order valence-electron chi connectivity index (χ2n) is 8.94. The summed E-state index contributed by atoms with van der Waals surface area (Å²) in [6.07, 6.45) is 9.22. The van der Waals surface area contributed by atoms with Crippen molar-refractivity contribution in [2.24, 2.45) is 17.3 Å². The molecule has 1 aliphatic carbocycles. The molecule has 3 rings (SSSR count). The predicted molar refractivity (Wildman–Crippen MR) is 94.4 cm³/mol. The predicted octanol–water partition coefficient (Wildman–Crippen LogP) is 4.46. The molecule has 4 atom stereocenters. The summed E-state index contributed by atoms with van der Waals surface area (Å²) in [4.78, 5) is 2.58. The molecule has 0 radical (unpaired) electrons. The van der Waals surface area contributed by atoms with Crippen molar-refractivity contribution in [2.45, 2.75) is 84.5 Å². The smallest absolute Gasteiger partial charge is 0.171 e. The highest BCUT2D eigenvalue weighted by molar-refractivity contribution is 4.94. The standard InChI is InChI=1S/C20H37NO2/c1-5-19(3,4)17-9-10-20(16(2)13-17)22-15-18(23-20)14-21-11-7-6-8-12-21/h16-18H,5-15H2,1-4H3. The minimum Gasteiger partial charge on any atom is -0.347 e. The van der Waals surface area contributed by atoms with Gasteiger partial charge in [0.25, 0.3) is 0 Å². The van der Waals surface area contributed by atoms with Gasteiger partial charge in [0.1, 0.15) is 0 Å². The molecule has 134 valence electrons. The first-order valence-corrected chi connectivity index (χ1v) is 9.99. The van der Waals surface area contributed by atoms with E-state index in [1.807, 2.05) is 0 Å². The third-order valence-corrected chi connectivity index (χ3v) is 7.04.